The Bertz CT molecular complexity index is 1170. The number of fused-ring (bicyclic) bond motifs is 1. The quantitative estimate of drug-likeness (QED) is 0.620. The molecule has 2 fully saturated rings. The van der Waals surface area contributed by atoms with Gasteiger partial charge in [-0.15, -0.1) is 0 Å². The number of carbonyl (C=O) groups excluding carboxylic acids is 2. The number of hydrogen-bond donors (Lipinski definition) is 2. The van der Waals surface area contributed by atoms with Gasteiger partial charge in [-0.3, -0.25) is 9.59 Å². The molecule has 0 aliphatic carbocycles. The van der Waals surface area contributed by atoms with E-state index in [4.69, 9.17) is 9.72 Å². The Balaban J connectivity index is 1.35. The zero-order chi connectivity index (χ0) is 22.9. The van der Waals surface area contributed by atoms with Crippen molar-refractivity contribution in [2.45, 2.75) is 26.4 Å². The molecule has 33 heavy (non-hydrogen) atoms. The second-order valence-electron chi connectivity index (χ2n) is 8.74. The van der Waals surface area contributed by atoms with Crippen LogP contribution in [0.2, 0.25) is 0 Å². The van der Waals surface area contributed by atoms with Crippen molar-refractivity contribution in [2.75, 3.05) is 37.6 Å². The highest BCUT2D eigenvalue weighted by Crippen LogP contribution is 2.30. The van der Waals surface area contributed by atoms with Crippen LogP contribution in [0.4, 0.5) is 5.69 Å². The van der Waals surface area contributed by atoms with Crippen LogP contribution in [0.15, 0.2) is 36.7 Å². The molecule has 3 aromatic rings. The molecule has 2 aliphatic rings. The van der Waals surface area contributed by atoms with Crippen molar-refractivity contribution >= 4 is 28.5 Å². The lowest BCUT2D eigenvalue weighted by Gasteiger charge is -2.35. The summed E-state index contributed by atoms with van der Waals surface area (Å²) in [6.07, 6.45) is 1.94. The minimum atomic E-state index is -0.164. The summed E-state index contributed by atoms with van der Waals surface area (Å²) in [7, 11) is 0. The average molecular weight is 449 g/mol. The lowest BCUT2D eigenvalue weighted by molar-refractivity contribution is -0.129. The van der Waals surface area contributed by atoms with Crippen LogP contribution < -0.4 is 15.0 Å². The SMILES string of the molecule is CC(=O)N1CCN(c2ccc(-c3cc4[nH]cnc4c(O[C@H](C)[C@H]4CNC(=O)C4)n3)cc2)CC1. The minimum Gasteiger partial charge on any atom is -0.473 e. The topological polar surface area (TPSA) is 103 Å². The molecule has 0 radical (unpaired) electrons. The van der Waals surface area contributed by atoms with E-state index in [1.54, 1.807) is 13.3 Å². The molecule has 2 atom stereocenters. The highest BCUT2D eigenvalue weighted by Gasteiger charge is 2.29. The van der Waals surface area contributed by atoms with Gasteiger partial charge in [-0.1, -0.05) is 12.1 Å². The molecule has 2 aliphatic heterocycles. The average Bonchev–Trinajstić information content (AvgIpc) is 3.48. The van der Waals surface area contributed by atoms with E-state index in [-0.39, 0.29) is 23.8 Å². The number of anilines is 1. The highest BCUT2D eigenvalue weighted by atomic mass is 16.5. The van der Waals surface area contributed by atoms with E-state index in [2.05, 4.69) is 44.5 Å². The fraction of sp³-hybridized carbons (Fsp3) is 0.417. The van der Waals surface area contributed by atoms with E-state index in [0.29, 0.717) is 24.4 Å². The van der Waals surface area contributed by atoms with Gasteiger partial charge in [0.15, 0.2) is 5.52 Å². The number of aromatic nitrogens is 3. The molecular formula is C24H28N6O3. The maximum absolute atomic E-state index is 11.6. The summed E-state index contributed by atoms with van der Waals surface area (Å²) < 4.78 is 6.20. The maximum Gasteiger partial charge on any atom is 0.243 e. The van der Waals surface area contributed by atoms with Gasteiger partial charge in [-0.05, 0) is 25.1 Å². The molecule has 9 heteroatoms. The van der Waals surface area contributed by atoms with Gasteiger partial charge in [0, 0.05) is 63.2 Å². The van der Waals surface area contributed by atoms with Gasteiger partial charge >= 0.3 is 0 Å². The summed E-state index contributed by atoms with van der Waals surface area (Å²) in [4.78, 5) is 39.6. The number of amides is 2. The molecule has 5 rings (SSSR count). The number of benzene rings is 1. The number of carbonyl (C=O) groups is 2. The number of piperazine rings is 1. The third-order valence-corrected chi connectivity index (χ3v) is 6.60. The van der Waals surface area contributed by atoms with Crippen molar-refractivity contribution in [3.63, 3.8) is 0 Å². The van der Waals surface area contributed by atoms with Crippen molar-refractivity contribution < 1.29 is 14.3 Å². The van der Waals surface area contributed by atoms with Crippen LogP contribution in [0.25, 0.3) is 22.3 Å². The zero-order valence-corrected chi connectivity index (χ0v) is 18.9. The Hall–Kier alpha value is -3.62. The van der Waals surface area contributed by atoms with Crippen molar-refractivity contribution in [1.82, 2.24) is 25.2 Å². The number of imidazole rings is 1. The highest BCUT2D eigenvalue weighted by molar-refractivity contribution is 5.84. The molecule has 0 spiro atoms. The van der Waals surface area contributed by atoms with Crippen LogP contribution in [0.5, 0.6) is 5.88 Å². The Morgan fingerprint density at radius 1 is 1.18 bits per heavy atom. The van der Waals surface area contributed by atoms with Crippen LogP contribution in [0.1, 0.15) is 20.3 Å². The smallest absolute Gasteiger partial charge is 0.243 e. The monoisotopic (exact) mass is 448 g/mol. The van der Waals surface area contributed by atoms with E-state index in [1.807, 2.05) is 17.9 Å². The van der Waals surface area contributed by atoms with Crippen molar-refractivity contribution in [3.05, 3.63) is 36.7 Å². The zero-order valence-electron chi connectivity index (χ0n) is 18.9. The molecule has 2 N–H and O–H groups in total. The van der Waals surface area contributed by atoms with Crippen LogP contribution in [0.3, 0.4) is 0 Å². The molecule has 0 unspecified atom stereocenters. The Morgan fingerprint density at radius 2 is 1.94 bits per heavy atom. The summed E-state index contributed by atoms with van der Waals surface area (Å²) in [6.45, 7) is 7.35. The number of aromatic amines is 1. The normalized spacial score (nSPS) is 19.6. The van der Waals surface area contributed by atoms with E-state index in [0.717, 1.165) is 48.6 Å². The minimum absolute atomic E-state index is 0.0601. The van der Waals surface area contributed by atoms with Crippen LogP contribution in [-0.4, -0.2) is 70.5 Å². The molecule has 2 aromatic heterocycles. The first-order valence-corrected chi connectivity index (χ1v) is 11.4. The van der Waals surface area contributed by atoms with E-state index < -0.39 is 0 Å². The molecule has 0 saturated carbocycles. The van der Waals surface area contributed by atoms with E-state index in [1.165, 1.54) is 0 Å². The fourth-order valence-corrected chi connectivity index (χ4v) is 4.50. The van der Waals surface area contributed by atoms with Gasteiger partial charge in [-0.2, -0.15) is 0 Å². The lowest BCUT2D eigenvalue weighted by atomic mass is 10.0. The molecule has 1 aromatic carbocycles. The first-order chi connectivity index (χ1) is 16.0. The Kier molecular flexibility index (Phi) is 5.62. The van der Waals surface area contributed by atoms with Gasteiger partial charge in [0.05, 0.1) is 17.5 Å². The van der Waals surface area contributed by atoms with Gasteiger partial charge in [0.25, 0.3) is 0 Å². The molecule has 4 heterocycles. The number of nitrogens with zero attached hydrogens (tertiary/aromatic N) is 4. The van der Waals surface area contributed by atoms with Crippen LogP contribution >= 0.6 is 0 Å². The number of ether oxygens (including phenoxy) is 1. The second kappa shape index (κ2) is 8.73. The predicted octanol–water partition coefficient (Wildman–Crippen LogP) is 2.20. The van der Waals surface area contributed by atoms with Crippen molar-refractivity contribution in [3.8, 4) is 17.1 Å². The summed E-state index contributed by atoms with van der Waals surface area (Å²) in [5, 5.41) is 2.86. The third-order valence-electron chi connectivity index (χ3n) is 6.60. The lowest BCUT2D eigenvalue weighted by Crippen LogP contribution is -2.48. The van der Waals surface area contributed by atoms with Gasteiger partial charge in [0.2, 0.25) is 17.7 Å². The summed E-state index contributed by atoms with van der Waals surface area (Å²) in [6, 6.07) is 10.3. The molecule has 9 nitrogen and oxygen atoms in total. The van der Waals surface area contributed by atoms with E-state index in [9.17, 15) is 9.59 Å². The van der Waals surface area contributed by atoms with Crippen LogP contribution in [0, 0.1) is 5.92 Å². The maximum atomic E-state index is 11.6. The Labute approximate surface area is 192 Å². The third kappa shape index (κ3) is 4.35. The largest absolute Gasteiger partial charge is 0.473 e. The fourth-order valence-electron chi connectivity index (χ4n) is 4.50. The van der Waals surface area contributed by atoms with Crippen molar-refractivity contribution in [1.29, 1.82) is 0 Å². The van der Waals surface area contributed by atoms with Gasteiger partial charge < -0.3 is 24.8 Å². The molecular weight excluding hydrogens is 420 g/mol. The molecule has 2 saturated heterocycles. The van der Waals surface area contributed by atoms with Crippen LogP contribution in [-0.2, 0) is 9.59 Å². The van der Waals surface area contributed by atoms with Crippen molar-refractivity contribution in [2.24, 2.45) is 5.92 Å². The van der Waals surface area contributed by atoms with Gasteiger partial charge in [0.1, 0.15) is 6.10 Å². The number of nitrogens with one attached hydrogen (secondary N) is 2. The summed E-state index contributed by atoms with van der Waals surface area (Å²) >= 11 is 0. The molecule has 0 bridgehead atoms. The Morgan fingerprint density at radius 3 is 2.61 bits per heavy atom. The first kappa shape index (κ1) is 21.2. The molecule has 172 valence electrons. The number of pyridine rings is 1. The first-order valence-electron chi connectivity index (χ1n) is 11.4. The number of H-pyrrole nitrogens is 1. The standard InChI is InChI=1S/C24H28N6O3/c1-15(18-11-22(32)25-13-18)33-24-23-21(26-14-27-23)12-20(28-24)17-3-5-19(6-4-17)30-9-7-29(8-10-30)16(2)31/h3-6,12,14-15,18H,7-11,13H2,1-2H3,(H,25,32)(H,26,27)/t15-,18-/m1/s1. The second-order valence-corrected chi connectivity index (χ2v) is 8.74. The predicted molar refractivity (Wildman–Crippen MR) is 125 cm³/mol. The molecule has 2 amide bonds. The van der Waals surface area contributed by atoms with E-state index >= 15 is 0 Å². The number of rotatable bonds is 5. The summed E-state index contributed by atoms with van der Waals surface area (Å²) in [5.74, 6) is 0.776. The summed E-state index contributed by atoms with van der Waals surface area (Å²) in [5.41, 5.74) is 4.44. The van der Waals surface area contributed by atoms with Gasteiger partial charge in [-0.25, -0.2) is 9.97 Å². The number of hydrogen-bond acceptors (Lipinski definition) is 6.